The molecule has 2 heterocycles. The third-order valence-corrected chi connectivity index (χ3v) is 2.83. The lowest BCUT2D eigenvalue weighted by Crippen LogP contribution is -2.18. The normalized spacial score (nSPS) is 16.9. The summed E-state index contributed by atoms with van der Waals surface area (Å²) in [5, 5.41) is 18.5. The van der Waals surface area contributed by atoms with Crippen LogP contribution in [0.15, 0.2) is 10.9 Å². The van der Waals surface area contributed by atoms with Crippen LogP contribution in [-0.4, -0.2) is 23.3 Å². The molecule has 1 aliphatic rings. The third kappa shape index (κ3) is 1.92. The van der Waals surface area contributed by atoms with Gasteiger partial charge in [0.25, 0.3) is 5.56 Å². The fraction of sp³-hybridized carbons (Fsp3) is 0.455. The van der Waals surface area contributed by atoms with Crippen LogP contribution in [0.4, 0.5) is 0 Å². The molecule has 0 saturated carbocycles. The molecule has 2 N–H and O–H groups in total. The van der Waals surface area contributed by atoms with Gasteiger partial charge in [0.2, 0.25) is 5.88 Å². The number of nitrogens with zero attached hydrogens (tertiary/aromatic N) is 1. The summed E-state index contributed by atoms with van der Waals surface area (Å²) in [6, 6.07) is 3.32. The molecule has 0 unspecified atom stereocenters. The van der Waals surface area contributed by atoms with E-state index in [-0.39, 0.29) is 22.9 Å². The molecule has 1 saturated heterocycles. The molecule has 0 amide bonds. The molecular formula is C11H12N2O3. The summed E-state index contributed by atoms with van der Waals surface area (Å²) in [6.45, 7) is 1.26. The van der Waals surface area contributed by atoms with Crippen molar-refractivity contribution in [3.8, 4) is 11.9 Å². The Morgan fingerprint density at radius 1 is 1.50 bits per heavy atom. The number of hydrogen-bond acceptors (Lipinski definition) is 4. The Morgan fingerprint density at radius 2 is 2.19 bits per heavy atom. The molecule has 0 aromatic carbocycles. The van der Waals surface area contributed by atoms with Gasteiger partial charge < -0.3 is 9.84 Å². The van der Waals surface area contributed by atoms with Gasteiger partial charge in [0, 0.05) is 19.3 Å². The average molecular weight is 220 g/mol. The molecule has 1 aromatic heterocycles. The van der Waals surface area contributed by atoms with Crippen molar-refractivity contribution < 1.29 is 9.84 Å². The zero-order valence-electron chi connectivity index (χ0n) is 8.69. The van der Waals surface area contributed by atoms with Crippen LogP contribution in [0.5, 0.6) is 5.88 Å². The quantitative estimate of drug-likeness (QED) is 0.734. The van der Waals surface area contributed by atoms with Crippen LogP contribution in [0.3, 0.4) is 0 Å². The van der Waals surface area contributed by atoms with Crippen LogP contribution in [0.2, 0.25) is 0 Å². The largest absolute Gasteiger partial charge is 0.494 e. The van der Waals surface area contributed by atoms with Crippen molar-refractivity contribution in [2.75, 3.05) is 13.2 Å². The van der Waals surface area contributed by atoms with Crippen LogP contribution in [0, 0.1) is 11.3 Å². The third-order valence-electron chi connectivity index (χ3n) is 2.83. The van der Waals surface area contributed by atoms with Crippen LogP contribution in [0.1, 0.15) is 29.9 Å². The summed E-state index contributed by atoms with van der Waals surface area (Å²) in [6.07, 6.45) is 1.55. The summed E-state index contributed by atoms with van der Waals surface area (Å²) in [5.41, 5.74) is 0.427. The Kier molecular flexibility index (Phi) is 2.93. The van der Waals surface area contributed by atoms with E-state index in [0.717, 1.165) is 12.8 Å². The Bertz CT molecular complexity index is 481. The monoisotopic (exact) mass is 220 g/mol. The van der Waals surface area contributed by atoms with Gasteiger partial charge in [-0.1, -0.05) is 0 Å². The predicted molar refractivity (Wildman–Crippen MR) is 56.2 cm³/mol. The number of nitriles is 1. The molecule has 5 nitrogen and oxygen atoms in total. The Morgan fingerprint density at radius 3 is 2.81 bits per heavy atom. The highest BCUT2D eigenvalue weighted by Crippen LogP contribution is 2.30. The van der Waals surface area contributed by atoms with Crippen molar-refractivity contribution in [1.29, 1.82) is 5.26 Å². The molecule has 2 rings (SSSR count). The maximum Gasteiger partial charge on any atom is 0.251 e. The number of rotatable bonds is 1. The van der Waals surface area contributed by atoms with Crippen LogP contribution < -0.4 is 5.56 Å². The van der Waals surface area contributed by atoms with Crippen molar-refractivity contribution in [1.82, 2.24) is 4.98 Å². The van der Waals surface area contributed by atoms with E-state index in [4.69, 9.17) is 10.00 Å². The number of hydrogen-bond donors (Lipinski definition) is 2. The second-order valence-electron chi connectivity index (χ2n) is 3.81. The highest BCUT2D eigenvalue weighted by atomic mass is 16.5. The number of pyridine rings is 1. The predicted octanol–water partition coefficient (Wildman–Crippen LogP) is 0.846. The van der Waals surface area contributed by atoms with Gasteiger partial charge in [0.1, 0.15) is 11.6 Å². The molecule has 0 aliphatic carbocycles. The van der Waals surface area contributed by atoms with E-state index in [9.17, 15) is 9.90 Å². The van der Waals surface area contributed by atoms with E-state index in [0.29, 0.717) is 18.8 Å². The first-order valence-electron chi connectivity index (χ1n) is 5.16. The van der Waals surface area contributed by atoms with Crippen LogP contribution >= 0.6 is 0 Å². The van der Waals surface area contributed by atoms with Crippen LogP contribution in [0.25, 0.3) is 0 Å². The minimum absolute atomic E-state index is 0.122. The SMILES string of the molecule is N#Cc1c(C2CCOCC2)cc(=O)[nH]c1O. The lowest BCUT2D eigenvalue weighted by Gasteiger charge is -2.22. The molecular weight excluding hydrogens is 208 g/mol. The van der Waals surface area contributed by atoms with E-state index < -0.39 is 0 Å². The number of aromatic nitrogens is 1. The van der Waals surface area contributed by atoms with Gasteiger partial charge in [-0.3, -0.25) is 9.78 Å². The van der Waals surface area contributed by atoms with Crippen molar-refractivity contribution in [3.05, 3.63) is 27.5 Å². The molecule has 16 heavy (non-hydrogen) atoms. The Balaban J connectivity index is 2.46. The van der Waals surface area contributed by atoms with E-state index in [1.807, 2.05) is 6.07 Å². The van der Waals surface area contributed by atoms with Crippen molar-refractivity contribution in [2.45, 2.75) is 18.8 Å². The summed E-state index contributed by atoms with van der Waals surface area (Å²) < 4.78 is 5.22. The maximum atomic E-state index is 11.3. The molecule has 0 spiro atoms. The Hall–Kier alpha value is -1.80. The molecule has 5 heteroatoms. The number of aromatic amines is 1. The fourth-order valence-electron chi connectivity index (χ4n) is 2.01. The molecule has 0 atom stereocenters. The van der Waals surface area contributed by atoms with Crippen molar-refractivity contribution in [2.24, 2.45) is 0 Å². The van der Waals surface area contributed by atoms with Gasteiger partial charge in [0.15, 0.2) is 0 Å². The van der Waals surface area contributed by atoms with Crippen molar-refractivity contribution in [3.63, 3.8) is 0 Å². The smallest absolute Gasteiger partial charge is 0.251 e. The highest BCUT2D eigenvalue weighted by molar-refractivity contribution is 5.45. The first-order valence-corrected chi connectivity index (χ1v) is 5.16. The van der Waals surface area contributed by atoms with E-state index in [1.165, 1.54) is 6.07 Å². The second-order valence-corrected chi connectivity index (χ2v) is 3.81. The average Bonchev–Trinajstić information content (AvgIpc) is 2.29. The molecule has 1 aromatic rings. The van der Waals surface area contributed by atoms with Gasteiger partial charge in [-0.25, -0.2) is 0 Å². The molecule has 1 fully saturated rings. The second kappa shape index (κ2) is 4.37. The number of nitrogens with one attached hydrogen (secondary N) is 1. The summed E-state index contributed by atoms with van der Waals surface area (Å²) in [4.78, 5) is 13.5. The van der Waals surface area contributed by atoms with Gasteiger partial charge >= 0.3 is 0 Å². The maximum absolute atomic E-state index is 11.3. The summed E-state index contributed by atoms with van der Waals surface area (Å²) in [7, 11) is 0. The number of ether oxygens (including phenoxy) is 1. The van der Waals surface area contributed by atoms with Gasteiger partial charge in [-0.05, 0) is 24.3 Å². The minimum atomic E-state index is -0.377. The lowest BCUT2D eigenvalue weighted by atomic mass is 9.89. The van der Waals surface area contributed by atoms with Gasteiger partial charge in [0.05, 0.1) is 0 Å². The van der Waals surface area contributed by atoms with Crippen LogP contribution in [-0.2, 0) is 4.74 Å². The standard InChI is InChI=1S/C11H12N2O3/c12-6-9-8(5-10(14)13-11(9)15)7-1-3-16-4-2-7/h5,7H,1-4H2,(H2,13,14,15). The molecule has 0 radical (unpaired) electrons. The Labute approximate surface area is 92.3 Å². The number of H-pyrrole nitrogens is 1. The molecule has 84 valence electrons. The van der Waals surface area contributed by atoms with E-state index >= 15 is 0 Å². The molecule has 0 bridgehead atoms. The first-order chi connectivity index (χ1) is 7.72. The summed E-state index contributed by atoms with van der Waals surface area (Å²) in [5.74, 6) is -0.215. The van der Waals surface area contributed by atoms with Crippen molar-refractivity contribution >= 4 is 0 Å². The minimum Gasteiger partial charge on any atom is -0.494 e. The zero-order valence-corrected chi connectivity index (χ0v) is 8.69. The highest BCUT2D eigenvalue weighted by Gasteiger charge is 2.21. The fourth-order valence-corrected chi connectivity index (χ4v) is 2.01. The number of aromatic hydroxyl groups is 1. The molecule has 1 aliphatic heterocycles. The van der Waals surface area contributed by atoms with E-state index in [1.54, 1.807) is 0 Å². The summed E-state index contributed by atoms with van der Waals surface area (Å²) >= 11 is 0. The lowest BCUT2D eigenvalue weighted by molar-refractivity contribution is 0.0852. The first kappa shape index (κ1) is 10.7. The van der Waals surface area contributed by atoms with Gasteiger partial charge in [-0.2, -0.15) is 5.26 Å². The van der Waals surface area contributed by atoms with E-state index in [2.05, 4.69) is 4.98 Å². The topological polar surface area (TPSA) is 86.1 Å². The zero-order chi connectivity index (χ0) is 11.5. The van der Waals surface area contributed by atoms with Gasteiger partial charge in [-0.15, -0.1) is 0 Å².